The van der Waals surface area contributed by atoms with E-state index in [4.69, 9.17) is 16.6 Å². The fourth-order valence-electron chi connectivity index (χ4n) is 2.83. The average molecular weight is 471 g/mol. The lowest BCUT2D eigenvalue weighted by molar-refractivity contribution is -0.144. The van der Waals surface area contributed by atoms with Crippen LogP contribution >= 0.6 is 0 Å². The van der Waals surface area contributed by atoms with E-state index in [1.54, 1.807) is 13.8 Å². The maximum absolute atomic E-state index is 12.4. The van der Waals surface area contributed by atoms with Gasteiger partial charge in [0.1, 0.15) is 18.6 Å². The van der Waals surface area contributed by atoms with E-state index in [-0.39, 0.29) is 24.6 Å². The molecule has 0 aliphatic rings. The first kappa shape index (κ1) is 27.0. The fraction of sp³-hybridized carbons (Fsp3) is 0.556. The van der Waals surface area contributed by atoms with Crippen molar-refractivity contribution in [2.45, 2.75) is 51.7 Å². The van der Waals surface area contributed by atoms with E-state index in [0.29, 0.717) is 11.0 Å². The molecule has 1 heterocycles. The monoisotopic (exact) mass is 471 g/mol. The van der Waals surface area contributed by atoms with E-state index in [2.05, 4.69) is 20.6 Å². The van der Waals surface area contributed by atoms with Crippen LogP contribution in [-0.2, 0) is 32.1 Å². The van der Waals surface area contributed by atoms with E-state index >= 15 is 0 Å². The molecular weight excluding hydrogens is 442 g/mol. The van der Waals surface area contributed by atoms with Gasteiger partial charge in [0.05, 0.1) is 12.1 Å². The molecule has 0 radical (unpaired) electrons. The molecule has 10 N–H and O–H groups in total. The second-order valence-electron chi connectivity index (χ2n) is 7.52. The number of hydrogen-bond donors (Lipinski definition) is 8. The third kappa shape index (κ3) is 8.54. The van der Waals surface area contributed by atoms with E-state index in [9.17, 15) is 34.2 Å². The second-order valence-corrected chi connectivity index (χ2v) is 7.52. The minimum absolute atomic E-state index is 0.107. The molecule has 1 rings (SSSR count). The molecule has 0 unspecified atom stereocenters. The zero-order chi connectivity index (χ0) is 25.3. The Balaban J connectivity index is 2.90. The number of H-pyrrole nitrogens is 1. The summed E-state index contributed by atoms with van der Waals surface area (Å²) in [5.74, 6) is -5.83. The Morgan fingerprint density at radius 2 is 1.79 bits per heavy atom. The Hall–Kier alpha value is -4.04. The topological polar surface area (TPSA) is 255 Å². The van der Waals surface area contributed by atoms with Crippen LogP contribution in [0.3, 0.4) is 0 Å². The molecule has 0 spiro atoms. The number of nitrogens with zero attached hydrogens (tertiary/aromatic N) is 2. The summed E-state index contributed by atoms with van der Waals surface area (Å²) < 4.78 is 0.704. The molecule has 0 aromatic carbocycles. The largest absolute Gasteiger partial charge is 0.493 e. The van der Waals surface area contributed by atoms with Crippen molar-refractivity contribution in [1.29, 1.82) is 0 Å². The lowest BCUT2D eigenvalue weighted by Crippen LogP contribution is -2.54. The van der Waals surface area contributed by atoms with Crippen molar-refractivity contribution in [2.75, 3.05) is 6.54 Å². The van der Waals surface area contributed by atoms with Crippen molar-refractivity contribution in [3.8, 4) is 5.88 Å². The number of nitrogens with two attached hydrogens (primary N) is 2. The first-order chi connectivity index (χ1) is 15.3. The normalized spacial score (nSPS) is 12.6. The number of aryl methyl sites for hydroxylation is 1. The Bertz CT molecular complexity index is 961. The van der Waals surface area contributed by atoms with Crippen molar-refractivity contribution >= 4 is 29.7 Å². The number of rotatable bonds is 13. The molecule has 0 bridgehead atoms. The number of carboxylic acids is 2. The highest BCUT2D eigenvalue weighted by molar-refractivity contribution is 5.92. The van der Waals surface area contributed by atoms with Crippen molar-refractivity contribution < 1.29 is 34.5 Å². The molecule has 0 aliphatic carbocycles. The average Bonchev–Trinajstić information content (AvgIpc) is 2.95. The highest BCUT2D eigenvalue weighted by Crippen LogP contribution is 2.14. The number of aromatic hydroxyl groups is 1. The van der Waals surface area contributed by atoms with Crippen LogP contribution in [0.4, 0.5) is 0 Å². The summed E-state index contributed by atoms with van der Waals surface area (Å²) in [5.41, 5.74) is 9.76. The van der Waals surface area contributed by atoms with E-state index in [1.165, 1.54) is 0 Å². The molecule has 184 valence electrons. The van der Waals surface area contributed by atoms with Gasteiger partial charge in [-0.15, -0.1) is 0 Å². The van der Waals surface area contributed by atoms with E-state index in [1.807, 2.05) is 0 Å². The summed E-state index contributed by atoms with van der Waals surface area (Å²) in [7, 11) is 0. The number of aliphatic imine (C=N–C) groups is 1. The molecule has 0 fully saturated rings. The van der Waals surface area contributed by atoms with E-state index < -0.39 is 66.3 Å². The minimum Gasteiger partial charge on any atom is -0.493 e. The molecule has 15 nitrogen and oxygen atoms in total. The number of guanidine groups is 1. The molecular formula is C18H29N7O8. The zero-order valence-electron chi connectivity index (χ0n) is 18.2. The van der Waals surface area contributed by atoms with Crippen molar-refractivity contribution in [2.24, 2.45) is 22.4 Å². The summed E-state index contributed by atoms with van der Waals surface area (Å²) >= 11 is 0. The van der Waals surface area contributed by atoms with Gasteiger partial charge in [0.15, 0.2) is 5.96 Å². The van der Waals surface area contributed by atoms with Crippen LogP contribution < -0.4 is 27.8 Å². The number of amides is 2. The fourth-order valence-corrected chi connectivity index (χ4v) is 2.83. The maximum Gasteiger partial charge on any atom is 0.329 e. The number of aromatic nitrogens is 2. The van der Waals surface area contributed by atoms with Crippen LogP contribution in [0.2, 0.25) is 0 Å². The Labute approximate surface area is 187 Å². The SMILES string of the molecule is CC(C)[C@H](NC(=O)[C@H](CC(=O)O)NC(=O)Cn1c(O)c(CCCN=C(N)N)[nH]c1=O)C(=O)O. The van der Waals surface area contributed by atoms with Crippen molar-refractivity contribution in [1.82, 2.24) is 20.2 Å². The summed E-state index contributed by atoms with van der Waals surface area (Å²) in [5, 5.41) is 32.8. The van der Waals surface area contributed by atoms with E-state index in [0.717, 1.165) is 0 Å². The third-order valence-electron chi connectivity index (χ3n) is 4.47. The molecule has 2 atom stereocenters. The predicted octanol–water partition coefficient (Wildman–Crippen LogP) is -2.73. The number of aromatic amines is 1. The van der Waals surface area contributed by atoms with Crippen LogP contribution in [0.1, 0.15) is 32.4 Å². The van der Waals surface area contributed by atoms with Crippen molar-refractivity contribution in [3.63, 3.8) is 0 Å². The second kappa shape index (κ2) is 12.1. The standard InChI is InChI=1S/C18H29N7O8/c1-8(2)13(16(31)32)24-14(29)10(6-12(27)28)22-11(26)7-25-15(30)9(23-18(25)33)4-3-5-21-17(19)20/h8,10,13,30H,3-7H2,1-2H3,(H,22,26)(H,23,33)(H,24,29)(H,27,28)(H,31,32)(H4,19,20,21)/t10-,13-/m0/s1. The number of aliphatic carboxylic acids is 2. The summed E-state index contributed by atoms with van der Waals surface area (Å²) in [6, 6.07) is -2.91. The first-order valence-electron chi connectivity index (χ1n) is 9.93. The van der Waals surface area contributed by atoms with Gasteiger partial charge in [-0.25, -0.2) is 9.59 Å². The number of nitrogens with one attached hydrogen (secondary N) is 3. The molecule has 0 saturated heterocycles. The molecule has 33 heavy (non-hydrogen) atoms. The summed E-state index contributed by atoms with van der Waals surface area (Å²) in [4.78, 5) is 65.4. The minimum atomic E-state index is -1.61. The summed E-state index contributed by atoms with van der Waals surface area (Å²) in [6.07, 6.45) is -0.243. The van der Waals surface area contributed by atoms with Crippen LogP contribution in [0.15, 0.2) is 9.79 Å². The summed E-state index contributed by atoms with van der Waals surface area (Å²) in [6.45, 7) is 2.61. The lowest BCUT2D eigenvalue weighted by atomic mass is 10.0. The predicted molar refractivity (Wildman–Crippen MR) is 114 cm³/mol. The zero-order valence-corrected chi connectivity index (χ0v) is 18.2. The number of carbonyl (C=O) groups excluding carboxylic acids is 2. The first-order valence-corrected chi connectivity index (χ1v) is 9.93. The Morgan fingerprint density at radius 3 is 2.30 bits per heavy atom. The molecule has 2 amide bonds. The lowest BCUT2D eigenvalue weighted by Gasteiger charge is -2.22. The number of carboxylic acid groups (broad SMARTS) is 2. The van der Waals surface area contributed by atoms with Crippen molar-refractivity contribution in [3.05, 3.63) is 16.2 Å². The van der Waals surface area contributed by atoms with Crippen LogP contribution in [0, 0.1) is 5.92 Å². The van der Waals surface area contributed by atoms with Gasteiger partial charge in [0.2, 0.25) is 17.7 Å². The number of imidazole rings is 1. The highest BCUT2D eigenvalue weighted by atomic mass is 16.4. The van der Waals surface area contributed by atoms with Crippen LogP contribution in [0.5, 0.6) is 5.88 Å². The highest BCUT2D eigenvalue weighted by Gasteiger charge is 2.30. The van der Waals surface area contributed by atoms with Gasteiger partial charge < -0.3 is 42.4 Å². The van der Waals surface area contributed by atoms with Gasteiger partial charge in [-0.05, 0) is 18.8 Å². The van der Waals surface area contributed by atoms with Gasteiger partial charge in [0.25, 0.3) is 0 Å². The third-order valence-corrected chi connectivity index (χ3v) is 4.47. The molecule has 0 saturated carbocycles. The quantitative estimate of drug-likeness (QED) is 0.0836. The van der Waals surface area contributed by atoms with Gasteiger partial charge >= 0.3 is 17.6 Å². The smallest absolute Gasteiger partial charge is 0.329 e. The molecule has 15 heteroatoms. The molecule has 1 aromatic rings. The van der Waals surface area contributed by atoms with Gasteiger partial charge in [-0.1, -0.05) is 13.8 Å². The molecule has 1 aromatic heterocycles. The Morgan fingerprint density at radius 1 is 1.15 bits per heavy atom. The van der Waals surface area contributed by atoms with Gasteiger partial charge in [-0.2, -0.15) is 0 Å². The number of carbonyl (C=O) groups is 4. The maximum atomic E-state index is 12.4. The van der Waals surface area contributed by atoms with Crippen LogP contribution in [0.25, 0.3) is 0 Å². The molecule has 0 aliphatic heterocycles. The Kier molecular flexibility index (Phi) is 9.91. The van der Waals surface area contributed by atoms with Gasteiger partial charge in [-0.3, -0.25) is 23.9 Å². The van der Waals surface area contributed by atoms with Crippen LogP contribution in [-0.4, -0.2) is 73.2 Å². The number of hydrogen-bond acceptors (Lipinski definition) is 7. The van der Waals surface area contributed by atoms with Gasteiger partial charge in [0, 0.05) is 6.54 Å².